The Hall–Kier alpha value is -3.16. The van der Waals surface area contributed by atoms with Crippen molar-refractivity contribution in [1.82, 2.24) is 15.5 Å². The zero-order valence-corrected chi connectivity index (χ0v) is 18.5. The molecule has 1 heterocycles. The summed E-state index contributed by atoms with van der Waals surface area (Å²) in [5.74, 6) is -2.35. The van der Waals surface area contributed by atoms with E-state index in [0.29, 0.717) is 31.5 Å². The first-order valence-corrected chi connectivity index (χ1v) is 10.7. The first-order valence-electron chi connectivity index (χ1n) is 10.7. The molecule has 1 atom stereocenters. The van der Waals surface area contributed by atoms with Crippen molar-refractivity contribution in [2.75, 3.05) is 13.1 Å². The fourth-order valence-electron chi connectivity index (χ4n) is 3.49. The maximum absolute atomic E-state index is 13.6. The number of amides is 3. The van der Waals surface area contributed by atoms with Gasteiger partial charge in [-0.1, -0.05) is 30.3 Å². The van der Waals surface area contributed by atoms with E-state index in [9.17, 15) is 18.4 Å². The lowest BCUT2D eigenvalue weighted by atomic mass is 10.0. The van der Waals surface area contributed by atoms with Gasteiger partial charge in [0.1, 0.15) is 5.75 Å². The number of halogens is 2. The predicted octanol–water partition coefficient (Wildman–Crippen LogP) is 4.17. The molecule has 0 aliphatic carbocycles. The lowest BCUT2D eigenvalue weighted by molar-refractivity contribution is -0.129. The molecule has 1 aliphatic rings. The first-order chi connectivity index (χ1) is 15.1. The third-order valence-corrected chi connectivity index (χ3v) is 5.10. The van der Waals surface area contributed by atoms with Crippen molar-refractivity contribution in [1.29, 1.82) is 0 Å². The minimum absolute atomic E-state index is 0.0570. The molecule has 0 saturated carbocycles. The van der Waals surface area contributed by atoms with Gasteiger partial charge in [0.25, 0.3) is 5.91 Å². The lowest BCUT2D eigenvalue weighted by Crippen LogP contribution is -2.53. The predicted molar refractivity (Wildman–Crippen MR) is 117 cm³/mol. The maximum Gasteiger partial charge on any atom is 0.317 e. The van der Waals surface area contributed by atoms with Crippen molar-refractivity contribution in [3.05, 3.63) is 65.7 Å². The van der Waals surface area contributed by atoms with Crippen molar-refractivity contribution in [2.24, 2.45) is 0 Å². The Morgan fingerprint density at radius 1 is 1.03 bits per heavy atom. The van der Waals surface area contributed by atoms with E-state index in [1.807, 2.05) is 26.8 Å². The second-order valence-electron chi connectivity index (χ2n) is 8.93. The summed E-state index contributed by atoms with van der Waals surface area (Å²) in [6, 6.07) is 11.8. The number of urea groups is 1. The molecular formula is C24H29F2N3O3. The van der Waals surface area contributed by atoms with Crippen LogP contribution in [-0.2, 0) is 4.79 Å². The highest BCUT2D eigenvalue weighted by Crippen LogP contribution is 2.25. The van der Waals surface area contributed by atoms with E-state index < -0.39 is 17.7 Å². The van der Waals surface area contributed by atoms with Crippen LogP contribution < -0.4 is 15.4 Å². The number of nitrogens with zero attached hydrogens (tertiary/aromatic N) is 1. The molecule has 0 radical (unpaired) electrons. The highest BCUT2D eigenvalue weighted by atomic mass is 19.2. The van der Waals surface area contributed by atoms with Crippen molar-refractivity contribution in [2.45, 2.75) is 51.3 Å². The Labute approximate surface area is 186 Å². The second-order valence-corrected chi connectivity index (χ2v) is 8.93. The van der Waals surface area contributed by atoms with Gasteiger partial charge in [-0.3, -0.25) is 4.79 Å². The van der Waals surface area contributed by atoms with Gasteiger partial charge in [-0.15, -0.1) is 0 Å². The molecule has 1 aliphatic heterocycles. The van der Waals surface area contributed by atoms with Crippen molar-refractivity contribution in [3.63, 3.8) is 0 Å². The number of piperidine rings is 1. The molecule has 2 N–H and O–H groups in total. The number of ether oxygens (including phenoxy) is 1. The van der Waals surface area contributed by atoms with Gasteiger partial charge in [0.05, 0.1) is 0 Å². The minimum atomic E-state index is -1.05. The van der Waals surface area contributed by atoms with Crippen LogP contribution >= 0.6 is 0 Å². The third kappa shape index (κ3) is 6.42. The van der Waals surface area contributed by atoms with Gasteiger partial charge >= 0.3 is 6.03 Å². The van der Waals surface area contributed by atoms with E-state index in [4.69, 9.17) is 4.74 Å². The third-order valence-electron chi connectivity index (χ3n) is 5.10. The number of carbonyl (C=O) groups excluding carboxylic acids is 2. The number of hydrogen-bond acceptors (Lipinski definition) is 3. The summed E-state index contributed by atoms with van der Waals surface area (Å²) in [6.45, 7) is 6.82. The van der Waals surface area contributed by atoms with Crippen LogP contribution in [0.2, 0.25) is 0 Å². The fourth-order valence-corrected chi connectivity index (χ4v) is 3.49. The SMILES string of the molecule is CC(C)(C)NC(=O)N1CCC(NC(=O)C(Oc2ccc(F)c(F)c2)c2ccccc2)CC1. The summed E-state index contributed by atoms with van der Waals surface area (Å²) < 4.78 is 32.6. The first kappa shape index (κ1) is 23.5. The smallest absolute Gasteiger partial charge is 0.317 e. The molecule has 3 rings (SSSR count). The molecule has 1 unspecified atom stereocenters. The summed E-state index contributed by atoms with van der Waals surface area (Å²) in [5, 5.41) is 5.92. The number of carbonyl (C=O) groups is 2. The highest BCUT2D eigenvalue weighted by Gasteiger charge is 2.29. The van der Waals surface area contributed by atoms with Crippen molar-refractivity contribution >= 4 is 11.9 Å². The van der Waals surface area contributed by atoms with Gasteiger partial charge < -0.3 is 20.3 Å². The largest absolute Gasteiger partial charge is 0.476 e. The molecule has 3 amide bonds. The molecule has 8 heteroatoms. The van der Waals surface area contributed by atoms with Crippen LogP contribution in [0.5, 0.6) is 5.75 Å². The summed E-state index contributed by atoms with van der Waals surface area (Å²) in [6.07, 6.45) is 0.190. The highest BCUT2D eigenvalue weighted by molar-refractivity contribution is 5.83. The number of benzene rings is 2. The quantitative estimate of drug-likeness (QED) is 0.726. The number of likely N-dealkylation sites (tertiary alicyclic amines) is 1. The standard InChI is InChI=1S/C24H29F2N3O3/c1-24(2,3)28-23(31)29-13-11-17(12-14-29)27-22(30)21(16-7-5-4-6-8-16)32-18-9-10-19(25)20(26)15-18/h4-10,15,17,21H,11-14H2,1-3H3,(H,27,30)(H,28,31). The molecule has 0 spiro atoms. The number of nitrogens with one attached hydrogen (secondary N) is 2. The normalized spacial score (nSPS) is 15.7. The van der Waals surface area contributed by atoms with Gasteiger partial charge in [0.2, 0.25) is 6.10 Å². The summed E-state index contributed by atoms with van der Waals surface area (Å²) >= 11 is 0. The number of rotatable bonds is 5. The Morgan fingerprint density at radius 2 is 1.69 bits per heavy atom. The molecule has 1 saturated heterocycles. The summed E-state index contributed by atoms with van der Waals surface area (Å²) in [5.41, 5.74) is 0.277. The Bertz CT molecular complexity index is 939. The minimum Gasteiger partial charge on any atom is -0.476 e. The molecule has 172 valence electrons. The van der Waals surface area contributed by atoms with Gasteiger partial charge in [0.15, 0.2) is 11.6 Å². The molecular weight excluding hydrogens is 416 g/mol. The van der Waals surface area contributed by atoms with Gasteiger partial charge in [-0.05, 0) is 45.7 Å². The lowest BCUT2D eigenvalue weighted by Gasteiger charge is -2.35. The molecule has 6 nitrogen and oxygen atoms in total. The Kier molecular flexibility index (Phi) is 7.33. The van der Waals surface area contributed by atoms with Crippen LogP contribution in [0.4, 0.5) is 13.6 Å². The second kappa shape index (κ2) is 9.97. The molecule has 2 aromatic carbocycles. The Morgan fingerprint density at radius 3 is 2.28 bits per heavy atom. The average Bonchev–Trinajstić information content (AvgIpc) is 2.74. The fraction of sp³-hybridized carbons (Fsp3) is 0.417. The van der Waals surface area contributed by atoms with Gasteiger partial charge in [-0.2, -0.15) is 0 Å². The molecule has 0 bridgehead atoms. The molecule has 32 heavy (non-hydrogen) atoms. The summed E-state index contributed by atoms with van der Waals surface area (Å²) in [4.78, 5) is 27.2. The van der Waals surface area contributed by atoms with E-state index in [1.165, 1.54) is 6.07 Å². The van der Waals surface area contributed by atoms with E-state index in [2.05, 4.69) is 10.6 Å². The van der Waals surface area contributed by atoms with Gasteiger partial charge in [0, 0.05) is 36.3 Å². The van der Waals surface area contributed by atoms with Gasteiger partial charge in [-0.25, -0.2) is 13.6 Å². The zero-order chi connectivity index (χ0) is 23.3. The van der Waals surface area contributed by atoms with E-state index >= 15 is 0 Å². The molecule has 1 fully saturated rings. The van der Waals surface area contributed by atoms with E-state index in [1.54, 1.807) is 29.2 Å². The Balaban J connectivity index is 1.64. The maximum atomic E-state index is 13.6. The monoisotopic (exact) mass is 445 g/mol. The van der Waals surface area contributed by atoms with Crippen LogP contribution in [0.25, 0.3) is 0 Å². The average molecular weight is 446 g/mol. The van der Waals surface area contributed by atoms with Crippen molar-refractivity contribution < 1.29 is 23.1 Å². The van der Waals surface area contributed by atoms with Crippen LogP contribution in [0.1, 0.15) is 45.3 Å². The molecule has 2 aromatic rings. The number of hydrogen-bond donors (Lipinski definition) is 2. The zero-order valence-electron chi connectivity index (χ0n) is 18.5. The summed E-state index contributed by atoms with van der Waals surface area (Å²) in [7, 11) is 0. The van der Waals surface area contributed by atoms with Crippen LogP contribution in [0, 0.1) is 11.6 Å². The van der Waals surface area contributed by atoms with E-state index in [-0.39, 0.29) is 29.3 Å². The van der Waals surface area contributed by atoms with Crippen LogP contribution in [-0.4, -0.2) is 41.5 Å². The van der Waals surface area contributed by atoms with Crippen molar-refractivity contribution in [3.8, 4) is 5.75 Å². The van der Waals surface area contributed by atoms with Crippen LogP contribution in [0.3, 0.4) is 0 Å². The van der Waals surface area contributed by atoms with Crippen LogP contribution in [0.15, 0.2) is 48.5 Å². The topological polar surface area (TPSA) is 70.7 Å². The molecule has 0 aromatic heterocycles. The van der Waals surface area contributed by atoms with E-state index in [0.717, 1.165) is 12.1 Å².